The lowest BCUT2D eigenvalue weighted by Crippen LogP contribution is -2.36. The number of benzene rings is 2. The van der Waals surface area contributed by atoms with Crippen LogP contribution >= 0.6 is 0 Å². The van der Waals surface area contributed by atoms with E-state index < -0.39 is 0 Å². The second kappa shape index (κ2) is 8.11. The van der Waals surface area contributed by atoms with Gasteiger partial charge in [-0.2, -0.15) is 0 Å². The van der Waals surface area contributed by atoms with E-state index in [1.165, 1.54) is 11.6 Å². The SMILES string of the molecule is CCOc1ccc2c(c1)CN(C(=O)c1ccc(N3CCCC3)c([N+](=O)[O-])c1)CC2. The fourth-order valence-corrected chi connectivity index (χ4v) is 4.17. The van der Waals surface area contributed by atoms with Gasteiger partial charge in [0, 0.05) is 37.8 Å². The van der Waals surface area contributed by atoms with Crippen molar-refractivity contribution in [3.63, 3.8) is 0 Å². The van der Waals surface area contributed by atoms with Crippen LogP contribution in [0.2, 0.25) is 0 Å². The fraction of sp³-hybridized carbons (Fsp3) is 0.409. The van der Waals surface area contributed by atoms with Gasteiger partial charge in [-0.3, -0.25) is 14.9 Å². The van der Waals surface area contributed by atoms with Crippen LogP contribution in [0.4, 0.5) is 11.4 Å². The number of nitro groups is 1. The van der Waals surface area contributed by atoms with Crippen LogP contribution in [0, 0.1) is 10.1 Å². The summed E-state index contributed by atoms with van der Waals surface area (Å²) in [5.41, 5.74) is 3.26. The minimum atomic E-state index is -0.385. The summed E-state index contributed by atoms with van der Waals surface area (Å²) in [6, 6.07) is 10.9. The molecule has 7 nitrogen and oxygen atoms in total. The molecule has 0 atom stereocenters. The lowest BCUT2D eigenvalue weighted by Gasteiger charge is -2.29. The molecule has 0 radical (unpaired) electrons. The zero-order valence-electron chi connectivity index (χ0n) is 16.6. The van der Waals surface area contributed by atoms with Crippen molar-refractivity contribution in [2.75, 3.05) is 31.1 Å². The lowest BCUT2D eigenvalue weighted by atomic mass is 9.98. The summed E-state index contributed by atoms with van der Waals surface area (Å²) in [7, 11) is 0. The number of nitrogens with zero attached hydrogens (tertiary/aromatic N) is 3. The maximum absolute atomic E-state index is 13.1. The predicted octanol–water partition coefficient (Wildman–Crippen LogP) is 3.79. The third-order valence-corrected chi connectivity index (χ3v) is 5.65. The Bertz CT molecular complexity index is 938. The Kier molecular flexibility index (Phi) is 5.38. The Hall–Kier alpha value is -3.09. The van der Waals surface area contributed by atoms with E-state index in [1.807, 2.05) is 24.0 Å². The molecule has 0 aliphatic carbocycles. The van der Waals surface area contributed by atoms with Gasteiger partial charge >= 0.3 is 0 Å². The quantitative estimate of drug-likeness (QED) is 0.569. The highest BCUT2D eigenvalue weighted by atomic mass is 16.6. The summed E-state index contributed by atoms with van der Waals surface area (Å²) in [6.45, 7) is 5.25. The van der Waals surface area contributed by atoms with E-state index in [0.29, 0.717) is 30.9 Å². The summed E-state index contributed by atoms with van der Waals surface area (Å²) in [5.74, 6) is 0.625. The minimum absolute atomic E-state index is 0.00814. The number of carbonyl (C=O) groups is 1. The van der Waals surface area contributed by atoms with Crippen LogP contribution in [0.15, 0.2) is 36.4 Å². The Morgan fingerprint density at radius 3 is 2.62 bits per heavy atom. The molecule has 2 heterocycles. The van der Waals surface area contributed by atoms with E-state index in [0.717, 1.165) is 43.7 Å². The summed E-state index contributed by atoms with van der Waals surface area (Å²) in [5, 5.41) is 11.6. The second-order valence-electron chi connectivity index (χ2n) is 7.49. The highest BCUT2D eigenvalue weighted by Gasteiger charge is 2.27. The molecule has 7 heteroatoms. The number of ether oxygens (including phenoxy) is 1. The van der Waals surface area contributed by atoms with Gasteiger partial charge in [0.2, 0.25) is 0 Å². The maximum Gasteiger partial charge on any atom is 0.293 e. The number of fused-ring (bicyclic) bond motifs is 1. The first-order valence-electron chi connectivity index (χ1n) is 10.1. The molecule has 0 bridgehead atoms. The van der Waals surface area contributed by atoms with E-state index >= 15 is 0 Å². The lowest BCUT2D eigenvalue weighted by molar-refractivity contribution is -0.384. The summed E-state index contributed by atoms with van der Waals surface area (Å²) in [6.07, 6.45) is 2.84. The van der Waals surface area contributed by atoms with E-state index in [9.17, 15) is 14.9 Å². The molecule has 1 amide bonds. The predicted molar refractivity (Wildman–Crippen MR) is 111 cm³/mol. The summed E-state index contributed by atoms with van der Waals surface area (Å²) < 4.78 is 5.57. The molecule has 0 unspecified atom stereocenters. The van der Waals surface area contributed by atoms with Gasteiger partial charge in [-0.25, -0.2) is 0 Å². The van der Waals surface area contributed by atoms with Crippen molar-refractivity contribution < 1.29 is 14.5 Å². The molecule has 2 aliphatic heterocycles. The summed E-state index contributed by atoms with van der Waals surface area (Å²) in [4.78, 5) is 28.1. The molecular weight excluding hydrogens is 370 g/mol. The van der Waals surface area contributed by atoms with Crippen LogP contribution in [-0.4, -0.2) is 42.0 Å². The maximum atomic E-state index is 13.1. The molecule has 152 valence electrons. The van der Waals surface area contributed by atoms with Crippen LogP contribution in [0.25, 0.3) is 0 Å². The number of rotatable bonds is 5. The molecule has 0 N–H and O–H groups in total. The zero-order valence-corrected chi connectivity index (χ0v) is 16.6. The molecule has 2 aliphatic rings. The average molecular weight is 395 g/mol. The van der Waals surface area contributed by atoms with Crippen molar-refractivity contribution in [1.29, 1.82) is 0 Å². The third-order valence-electron chi connectivity index (χ3n) is 5.65. The molecule has 4 rings (SSSR count). The monoisotopic (exact) mass is 395 g/mol. The Morgan fingerprint density at radius 2 is 1.90 bits per heavy atom. The van der Waals surface area contributed by atoms with Crippen molar-refractivity contribution in [3.05, 3.63) is 63.2 Å². The zero-order chi connectivity index (χ0) is 20.4. The first kappa shape index (κ1) is 19.2. The molecular formula is C22H25N3O4. The van der Waals surface area contributed by atoms with Crippen LogP contribution < -0.4 is 9.64 Å². The third kappa shape index (κ3) is 3.90. The molecule has 0 saturated carbocycles. The second-order valence-corrected chi connectivity index (χ2v) is 7.49. The molecule has 1 fully saturated rings. The van der Waals surface area contributed by atoms with Gasteiger partial charge in [0.15, 0.2) is 0 Å². The smallest absolute Gasteiger partial charge is 0.293 e. The van der Waals surface area contributed by atoms with Crippen LogP contribution in [-0.2, 0) is 13.0 Å². The normalized spacial score (nSPS) is 15.9. The van der Waals surface area contributed by atoms with E-state index in [1.54, 1.807) is 17.0 Å². The Labute approximate surface area is 170 Å². The molecule has 1 saturated heterocycles. The number of carbonyl (C=O) groups excluding carboxylic acids is 1. The summed E-state index contributed by atoms with van der Waals surface area (Å²) >= 11 is 0. The first-order chi connectivity index (χ1) is 14.1. The van der Waals surface area contributed by atoms with Crippen LogP contribution in [0.1, 0.15) is 41.3 Å². The number of hydrogen-bond donors (Lipinski definition) is 0. The number of amides is 1. The van der Waals surface area contributed by atoms with E-state index in [2.05, 4.69) is 6.07 Å². The van der Waals surface area contributed by atoms with Gasteiger partial charge < -0.3 is 14.5 Å². The topological polar surface area (TPSA) is 75.9 Å². The van der Waals surface area contributed by atoms with Crippen molar-refractivity contribution in [3.8, 4) is 5.75 Å². The van der Waals surface area contributed by atoms with Crippen LogP contribution in [0.5, 0.6) is 5.75 Å². The Morgan fingerprint density at radius 1 is 1.10 bits per heavy atom. The number of nitro benzene ring substituents is 1. The van der Waals surface area contributed by atoms with Gasteiger partial charge in [0.1, 0.15) is 11.4 Å². The van der Waals surface area contributed by atoms with Crippen molar-refractivity contribution in [1.82, 2.24) is 4.90 Å². The first-order valence-corrected chi connectivity index (χ1v) is 10.1. The molecule has 2 aromatic carbocycles. The Balaban J connectivity index is 1.57. The van der Waals surface area contributed by atoms with Gasteiger partial charge in [0.05, 0.1) is 11.5 Å². The highest BCUT2D eigenvalue weighted by molar-refractivity contribution is 5.96. The van der Waals surface area contributed by atoms with Crippen molar-refractivity contribution >= 4 is 17.3 Å². The van der Waals surface area contributed by atoms with Gasteiger partial charge in [-0.1, -0.05) is 6.07 Å². The number of hydrogen-bond acceptors (Lipinski definition) is 5. The van der Waals surface area contributed by atoms with Crippen molar-refractivity contribution in [2.45, 2.75) is 32.7 Å². The van der Waals surface area contributed by atoms with E-state index in [-0.39, 0.29) is 16.5 Å². The molecule has 2 aromatic rings. The van der Waals surface area contributed by atoms with Crippen LogP contribution in [0.3, 0.4) is 0 Å². The fourth-order valence-electron chi connectivity index (χ4n) is 4.17. The average Bonchev–Trinajstić information content (AvgIpc) is 3.27. The number of anilines is 1. The van der Waals surface area contributed by atoms with Gasteiger partial charge in [-0.05, 0) is 61.6 Å². The molecule has 0 aromatic heterocycles. The van der Waals surface area contributed by atoms with Gasteiger partial charge in [-0.15, -0.1) is 0 Å². The molecule has 29 heavy (non-hydrogen) atoms. The molecule has 0 spiro atoms. The highest BCUT2D eigenvalue weighted by Crippen LogP contribution is 2.32. The van der Waals surface area contributed by atoms with E-state index in [4.69, 9.17) is 4.74 Å². The standard InChI is InChI=1S/C22H25N3O4/c1-2-29-19-7-5-16-9-12-24(15-18(16)13-19)22(26)17-6-8-20(21(14-17)25(27)28)23-10-3-4-11-23/h5-8,13-14H,2-4,9-12,15H2,1H3. The largest absolute Gasteiger partial charge is 0.494 e. The van der Waals surface area contributed by atoms with Crippen molar-refractivity contribution in [2.24, 2.45) is 0 Å². The minimum Gasteiger partial charge on any atom is -0.494 e. The van der Waals surface area contributed by atoms with Gasteiger partial charge in [0.25, 0.3) is 11.6 Å².